The van der Waals surface area contributed by atoms with Gasteiger partial charge in [-0.2, -0.15) is 0 Å². The van der Waals surface area contributed by atoms with Gasteiger partial charge in [-0.1, -0.05) is 19.1 Å². The summed E-state index contributed by atoms with van der Waals surface area (Å²) < 4.78 is 10.7. The molecule has 148 valence electrons. The molecule has 1 saturated heterocycles. The van der Waals surface area contributed by atoms with Gasteiger partial charge in [-0.05, 0) is 67.7 Å². The molecule has 28 heavy (non-hydrogen) atoms. The third-order valence-corrected chi connectivity index (χ3v) is 5.74. The molecule has 0 saturated carbocycles. The van der Waals surface area contributed by atoms with Gasteiger partial charge in [0.05, 0.1) is 6.04 Å². The van der Waals surface area contributed by atoms with Crippen molar-refractivity contribution >= 4 is 28.7 Å². The topological polar surface area (TPSA) is 45.8 Å². The predicted octanol–water partition coefficient (Wildman–Crippen LogP) is 4.70. The van der Waals surface area contributed by atoms with Crippen LogP contribution in [-0.4, -0.2) is 25.0 Å². The summed E-state index contributed by atoms with van der Waals surface area (Å²) in [5.41, 5.74) is 3.40. The Bertz CT molecular complexity index is 832. The fourth-order valence-corrected chi connectivity index (χ4v) is 3.96. The second kappa shape index (κ2) is 8.27. The van der Waals surface area contributed by atoms with Crippen molar-refractivity contribution in [2.75, 3.05) is 30.1 Å². The summed E-state index contributed by atoms with van der Waals surface area (Å²) in [6.07, 6.45) is 2.55. The fourth-order valence-electron chi connectivity index (χ4n) is 3.66. The highest BCUT2D eigenvalue weighted by atomic mass is 32.1. The Labute approximate surface area is 172 Å². The van der Waals surface area contributed by atoms with Crippen molar-refractivity contribution in [3.05, 3.63) is 48.0 Å². The number of fused-ring (bicyclic) bond motifs is 1. The van der Waals surface area contributed by atoms with Crippen LogP contribution in [0.25, 0.3) is 0 Å². The van der Waals surface area contributed by atoms with Gasteiger partial charge >= 0.3 is 0 Å². The second-order valence-corrected chi connectivity index (χ2v) is 8.06. The van der Waals surface area contributed by atoms with E-state index in [9.17, 15) is 0 Å². The molecule has 1 unspecified atom stereocenters. The quantitative estimate of drug-likeness (QED) is 0.729. The molecule has 1 atom stereocenters. The van der Waals surface area contributed by atoms with Crippen LogP contribution in [-0.2, 0) is 0 Å². The Kier molecular flexibility index (Phi) is 5.57. The van der Waals surface area contributed by atoms with Crippen LogP contribution >= 0.6 is 12.2 Å². The smallest absolute Gasteiger partial charge is 0.231 e. The third-order valence-electron chi connectivity index (χ3n) is 5.52. The van der Waals surface area contributed by atoms with E-state index in [1.54, 1.807) is 0 Å². The lowest BCUT2D eigenvalue weighted by Gasteiger charge is -2.32. The molecule has 2 N–H and O–H groups in total. The van der Waals surface area contributed by atoms with Crippen LogP contribution < -0.4 is 25.0 Å². The van der Waals surface area contributed by atoms with Crippen LogP contribution in [0.15, 0.2) is 42.5 Å². The first kappa shape index (κ1) is 18.9. The van der Waals surface area contributed by atoms with Crippen molar-refractivity contribution < 1.29 is 9.47 Å². The van der Waals surface area contributed by atoms with Gasteiger partial charge in [-0.25, -0.2) is 0 Å². The Balaban J connectivity index is 1.32. The highest BCUT2D eigenvalue weighted by Crippen LogP contribution is 2.34. The molecule has 2 heterocycles. The number of hydrogen-bond donors (Lipinski definition) is 2. The number of nitrogens with zero attached hydrogens (tertiary/aromatic N) is 1. The van der Waals surface area contributed by atoms with E-state index in [4.69, 9.17) is 21.7 Å². The minimum atomic E-state index is 0.115. The zero-order valence-electron chi connectivity index (χ0n) is 16.4. The zero-order chi connectivity index (χ0) is 19.5. The van der Waals surface area contributed by atoms with Gasteiger partial charge in [0.15, 0.2) is 16.6 Å². The van der Waals surface area contributed by atoms with Crippen LogP contribution in [0.2, 0.25) is 0 Å². The molecule has 5 nitrogen and oxygen atoms in total. The van der Waals surface area contributed by atoms with Gasteiger partial charge in [0.25, 0.3) is 0 Å². The maximum Gasteiger partial charge on any atom is 0.231 e. The third kappa shape index (κ3) is 4.33. The SMILES string of the molecule is CC1CCN(c2ccc(C(C)NC(=S)Nc3ccc4c(c3)OCO4)cc2)CC1. The number of anilines is 2. The van der Waals surface area contributed by atoms with E-state index in [0.29, 0.717) is 5.11 Å². The maximum absolute atomic E-state index is 5.48. The highest BCUT2D eigenvalue weighted by molar-refractivity contribution is 7.80. The standard InChI is InChI=1S/C22H27N3O2S/c1-15-9-11-25(12-10-15)19-6-3-17(4-7-19)16(2)23-22(28)24-18-5-8-20-21(13-18)27-14-26-20/h3-8,13,15-16H,9-12,14H2,1-2H3,(H2,23,24,28). The summed E-state index contributed by atoms with van der Waals surface area (Å²) in [6, 6.07) is 14.6. The molecule has 0 spiro atoms. The molecule has 0 amide bonds. The number of piperidine rings is 1. The van der Waals surface area contributed by atoms with E-state index in [2.05, 4.69) is 53.6 Å². The maximum atomic E-state index is 5.48. The van der Waals surface area contributed by atoms with Crippen LogP contribution in [0.1, 0.15) is 38.3 Å². The van der Waals surface area contributed by atoms with Crippen molar-refractivity contribution in [2.24, 2.45) is 5.92 Å². The van der Waals surface area contributed by atoms with Crippen LogP contribution in [0.4, 0.5) is 11.4 Å². The minimum absolute atomic E-state index is 0.115. The summed E-state index contributed by atoms with van der Waals surface area (Å²) in [4.78, 5) is 2.48. The summed E-state index contributed by atoms with van der Waals surface area (Å²) in [5.74, 6) is 2.35. The van der Waals surface area contributed by atoms with E-state index in [1.165, 1.54) is 24.1 Å². The van der Waals surface area contributed by atoms with E-state index >= 15 is 0 Å². The summed E-state index contributed by atoms with van der Waals surface area (Å²) in [5, 5.41) is 7.15. The average Bonchev–Trinajstić information content (AvgIpc) is 3.16. The van der Waals surface area contributed by atoms with Gasteiger partial charge in [-0.15, -0.1) is 0 Å². The van der Waals surface area contributed by atoms with Gasteiger partial charge in [0.2, 0.25) is 6.79 Å². The summed E-state index contributed by atoms with van der Waals surface area (Å²) in [7, 11) is 0. The molecule has 2 aromatic carbocycles. The molecule has 0 bridgehead atoms. The molecule has 0 aliphatic carbocycles. The predicted molar refractivity (Wildman–Crippen MR) is 117 cm³/mol. The fraction of sp³-hybridized carbons (Fsp3) is 0.409. The number of nitrogens with one attached hydrogen (secondary N) is 2. The lowest BCUT2D eigenvalue weighted by Crippen LogP contribution is -2.33. The largest absolute Gasteiger partial charge is 0.454 e. The Morgan fingerprint density at radius 2 is 1.79 bits per heavy atom. The molecule has 1 fully saturated rings. The Morgan fingerprint density at radius 3 is 2.54 bits per heavy atom. The van der Waals surface area contributed by atoms with Gasteiger partial charge in [-0.3, -0.25) is 0 Å². The molecular weight excluding hydrogens is 370 g/mol. The van der Waals surface area contributed by atoms with Crippen LogP contribution in [0.5, 0.6) is 11.5 Å². The first-order chi connectivity index (χ1) is 13.6. The van der Waals surface area contributed by atoms with Crippen molar-refractivity contribution in [3.8, 4) is 11.5 Å². The molecular formula is C22H27N3O2S. The highest BCUT2D eigenvalue weighted by Gasteiger charge is 2.17. The number of hydrogen-bond acceptors (Lipinski definition) is 4. The van der Waals surface area contributed by atoms with Crippen LogP contribution in [0.3, 0.4) is 0 Å². The second-order valence-electron chi connectivity index (χ2n) is 7.65. The lowest BCUT2D eigenvalue weighted by molar-refractivity contribution is 0.174. The molecule has 6 heteroatoms. The molecule has 2 aliphatic heterocycles. The monoisotopic (exact) mass is 397 g/mol. The number of ether oxygens (including phenoxy) is 2. The summed E-state index contributed by atoms with van der Waals surface area (Å²) in [6.45, 7) is 7.03. The van der Waals surface area contributed by atoms with E-state index < -0.39 is 0 Å². The normalized spacial score (nSPS) is 17.3. The van der Waals surface area contributed by atoms with Crippen LogP contribution in [0, 0.1) is 5.92 Å². The number of benzene rings is 2. The number of thiocarbonyl (C=S) groups is 1. The summed E-state index contributed by atoms with van der Waals surface area (Å²) >= 11 is 5.48. The van der Waals surface area contributed by atoms with Crippen molar-refractivity contribution in [1.29, 1.82) is 0 Å². The van der Waals surface area contributed by atoms with Crippen molar-refractivity contribution in [1.82, 2.24) is 5.32 Å². The van der Waals surface area contributed by atoms with Gasteiger partial charge in [0.1, 0.15) is 0 Å². The van der Waals surface area contributed by atoms with E-state index in [1.807, 2.05) is 18.2 Å². The first-order valence-corrected chi connectivity index (χ1v) is 10.3. The molecule has 2 aliphatic rings. The first-order valence-electron chi connectivity index (χ1n) is 9.90. The van der Waals surface area contributed by atoms with Crippen molar-refractivity contribution in [2.45, 2.75) is 32.7 Å². The molecule has 4 rings (SSSR count). The zero-order valence-corrected chi connectivity index (χ0v) is 17.2. The van der Waals surface area contributed by atoms with Gasteiger partial charge in [0, 0.05) is 30.5 Å². The van der Waals surface area contributed by atoms with Crippen molar-refractivity contribution in [3.63, 3.8) is 0 Å². The Morgan fingerprint density at radius 1 is 1.07 bits per heavy atom. The lowest BCUT2D eigenvalue weighted by atomic mass is 9.98. The van der Waals surface area contributed by atoms with E-state index in [0.717, 1.165) is 36.2 Å². The van der Waals surface area contributed by atoms with Gasteiger partial charge < -0.3 is 25.0 Å². The average molecular weight is 398 g/mol. The number of rotatable bonds is 4. The Hall–Kier alpha value is -2.47. The molecule has 2 aromatic rings. The van der Waals surface area contributed by atoms with E-state index in [-0.39, 0.29) is 12.8 Å². The minimum Gasteiger partial charge on any atom is -0.454 e. The molecule has 0 aromatic heterocycles. The molecule has 0 radical (unpaired) electrons.